The van der Waals surface area contributed by atoms with Crippen LogP contribution in [-0.2, 0) is 10.0 Å². The maximum atomic E-state index is 12.4. The van der Waals surface area contributed by atoms with E-state index in [4.69, 9.17) is 5.73 Å². The smallest absolute Gasteiger partial charge is 0.293 e. The molecule has 1 aromatic carbocycles. The molecule has 0 aromatic heterocycles. The number of nitro benzene ring substituents is 1. The Bertz CT molecular complexity index is 599. The fourth-order valence-corrected chi connectivity index (χ4v) is 3.43. The number of nitrogens with two attached hydrogens (primary N) is 1. The fraction of sp³-hybridized carbons (Fsp3) is 0.500. The Balaban J connectivity index is 3.27. The third-order valence-corrected chi connectivity index (χ3v) is 4.69. The van der Waals surface area contributed by atoms with Gasteiger partial charge in [-0.15, -0.1) is 0 Å². The highest BCUT2D eigenvalue weighted by Gasteiger charge is 2.26. The van der Waals surface area contributed by atoms with Gasteiger partial charge >= 0.3 is 0 Å². The number of anilines is 1. The van der Waals surface area contributed by atoms with Crippen LogP contribution >= 0.6 is 0 Å². The molecule has 0 unspecified atom stereocenters. The summed E-state index contributed by atoms with van der Waals surface area (Å²) in [7, 11) is -3.75. The zero-order valence-corrected chi connectivity index (χ0v) is 12.6. The minimum atomic E-state index is -3.75. The highest BCUT2D eigenvalue weighted by Crippen LogP contribution is 2.26. The molecule has 0 bridgehead atoms. The van der Waals surface area contributed by atoms with Crippen molar-refractivity contribution in [3.8, 4) is 0 Å². The predicted molar refractivity (Wildman–Crippen MR) is 76.8 cm³/mol. The van der Waals surface area contributed by atoms with Crippen LogP contribution in [0.25, 0.3) is 0 Å². The minimum Gasteiger partial charge on any atom is -0.393 e. The van der Waals surface area contributed by atoms with Crippen molar-refractivity contribution in [1.29, 1.82) is 0 Å². The lowest BCUT2D eigenvalue weighted by Gasteiger charge is -2.22. The minimum absolute atomic E-state index is 0.0548. The van der Waals surface area contributed by atoms with E-state index < -0.39 is 20.6 Å². The van der Waals surface area contributed by atoms with Gasteiger partial charge in [0.2, 0.25) is 10.0 Å². The van der Waals surface area contributed by atoms with Gasteiger partial charge in [-0.2, -0.15) is 4.31 Å². The molecule has 0 fully saturated rings. The van der Waals surface area contributed by atoms with Crippen molar-refractivity contribution in [3.63, 3.8) is 0 Å². The Hall–Kier alpha value is -1.67. The summed E-state index contributed by atoms with van der Waals surface area (Å²) in [5.74, 6) is 0.161. The Kier molecular flexibility index (Phi) is 5.07. The molecule has 0 aliphatic carbocycles. The van der Waals surface area contributed by atoms with Crippen molar-refractivity contribution < 1.29 is 13.3 Å². The summed E-state index contributed by atoms with van der Waals surface area (Å²) in [6, 6.07) is 3.54. The van der Waals surface area contributed by atoms with E-state index in [9.17, 15) is 18.5 Å². The number of nitrogen functional groups attached to an aromatic ring is 1. The first-order chi connectivity index (χ1) is 9.20. The second-order valence-electron chi connectivity index (χ2n) is 4.83. The molecule has 112 valence electrons. The molecule has 20 heavy (non-hydrogen) atoms. The van der Waals surface area contributed by atoms with E-state index in [-0.39, 0.29) is 16.5 Å². The van der Waals surface area contributed by atoms with Crippen LogP contribution in [0, 0.1) is 16.0 Å². The van der Waals surface area contributed by atoms with Gasteiger partial charge in [0.15, 0.2) is 0 Å². The number of hydrogen-bond donors (Lipinski definition) is 1. The van der Waals surface area contributed by atoms with Crippen LogP contribution in [0.5, 0.6) is 0 Å². The number of rotatable bonds is 6. The van der Waals surface area contributed by atoms with Crippen molar-refractivity contribution in [2.45, 2.75) is 25.7 Å². The zero-order valence-electron chi connectivity index (χ0n) is 11.7. The van der Waals surface area contributed by atoms with Crippen LogP contribution in [0.1, 0.15) is 20.8 Å². The third kappa shape index (κ3) is 3.45. The van der Waals surface area contributed by atoms with Gasteiger partial charge in [0.1, 0.15) is 5.69 Å². The Morgan fingerprint density at radius 3 is 2.45 bits per heavy atom. The first kappa shape index (κ1) is 16.4. The van der Waals surface area contributed by atoms with E-state index in [2.05, 4.69) is 0 Å². The second-order valence-corrected chi connectivity index (χ2v) is 6.77. The van der Waals surface area contributed by atoms with Gasteiger partial charge in [0.05, 0.1) is 9.82 Å². The van der Waals surface area contributed by atoms with E-state index in [1.165, 1.54) is 16.4 Å². The summed E-state index contributed by atoms with van der Waals surface area (Å²) >= 11 is 0. The molecular weight excluding hydrogens is 282 g/mol. The van der Waals surface area contributed by atoms with Crippen LogP contribution < -0.4 is 5.73 Å². The normalized spacial score (nSPS) is 12.1. The third-order valence-electron chi connectivity index (χ3n) is 2.76. The first-order valence-corrected chi connectivity index (χ1v) is 7.68. The number of benzene rings is 1. The van der Waals surface area contributed by atoms with Gasteiger partial charge < -0.3 is 5.73 Å². The van der Waals surface area contributed by atoms with Crippen LogP contribution in [0.15, 0.2) is 23.1 Å². The number of sulfonamides is 1. The monoisotopic (exact) mass is 301 g/mol. The van der Waals surface area contributed by atoms with Crippen molar-refractivity contribution in [1.82, 2.24) is 4.31 Å². The molecule has 0 amide bonds. The van der Waals surface area contributed by atoms with Crippen LogP contribution in [0.3, 0.4) is 0 Å². The van der Waals surface area contributed by atoms with Crippen molar-refractivity contribution in [3.05, 3.63) is 28.3 Å². The average molecular weight is 301 g/mol. The Morgan fingerprint density at radius 2 is 2.00 bits per heavy atom. The largest absolute Gasteiger partial charge is 0.393 e. The summed E-state index contributed by atoms with van der Waals surface area (Å²) < 4.78 is 26.2. The van der Waals surface area contributed by atoms with Crippen molar-refractivity contribution >= 4 is 21.4 Å². The molecule has 8 heteroatoms. The summed E-state index contributed by atoms with van der Waals surface area (Å²) in [4.78, 5) is 10.0. The zero-order chi connectivity index (χ0) is 15.5. The molecule has 0 radical (unpaired) electrons. The highest BCUT2D eigenvalue weighted by atomic mass is 32.2. The molecule has 2 N–H and O–H groups in total. The summed E-state index contributed by atoms with van der Waals surface area (Å²) in [6.45, 7) is 6.20. The molecular formula is C12H19N3O4S. The molecule has 0 spiro atoms. The standard InChI is InChI=1S/C12H19N3O4S/c1-4-14(8-9(2)3)20(18,19)10-5-6-11(13)12(7-10)15(16)17/h5-7,9H,4,8,13H2,1-3H3. The lowest BCUT2D eigenvalue weighted by atomic mass is 10.2. The number of hydrogen-bond acceptors (Lipinski definition) is 5. The highest BCUT2D eigenvalue weighted by molar-refractivity contribution is 7.89. The average Bonchev–Trinajstić information content (AvgIpc) is 2.35. The quantitative estimate of drug-likeness (QED) is 0.490. The van der Waals surface area contributed by atoms with Crippen molar-refractivity contribution in [2.75, 3.05) is 18.8 Å². The van der Waals surface area contributed by atoms with Gasteiger partial charge in [-0.25, -0.2) is 8.42 Å². The molecule has 0 atom stereocenters. The van der Waals surface area contributed by atoms with Gasteiger partial charge in [0, 0.05) is 19.2 Å². The molecule has 0 saturated carbocycles. The molecule has 0 aliphatic rings. The Morgan fingerprint density at radius 1 is 1.40 bits per heavy atom. The van der Waals surface area contributed by atoms with Crippen LogP contribution in [-0.4, -0.2) is 30.7 Å². The maximum Gasteiger partial charge on any atom is 0.293 e. The molecule has 1 aromatic rings. The van der Waals surface area contributed by atoms with Gasteiger partial charge in [-0.1, -0.05) is 20.8 Å². The number of nitrogens with zero attached hydrogens (tertiary/aromatic N) is 2. The first-order valence-electron chi connectivity index (χ1n) is 6.24. The summed E-state index contributed by atoms with van der Waals surface area (Å²) in [5, 5.41) is 10.8. The predicted octanol–water partition coefficient (Wildman–Crippen LogP) is 1.84. The molecule has 0 saturated heterocycles. The SMILES string of the molecule is CCN(CC(C)C)S(=O)(=O)c1ccc(N)c([N+](=O)[O-])c1. The number of nitro groups is 1. The van der Waals surface area contributed by atoms with E-state index in [0.29, 0.717) is 13.1 Å². The van der Waals surface area contributed by atoms with E-state index in [1.807, 2.05) is 13.8 Å². The molecule has 1 rings (SSSR count). The molecule has 0 heterocycles. The van der Waals surface area contributed by atoms with Crippen LogP contribution in [0.4, 0.5) is 11.4 Å². The van der Waals surface area contributed by atoms with Gasteiger partial charge in [-0.3, -0.25) is 10.1 Å². The fourth-order valence-electron chi connectivity index (χ4n) is 1.80. The topological polar surface area (TPSA) is 107 Å². The van der Waals surface area contributed by atoms with E-state index in [0.717, 1.165) is 6.07 Å². The maximum absolute atomic E-state index is 12.4. The van der Waals surface area contributed by atoms with Gasteiger partial charge in [-0.05, 0) is 18.1 Å². The van der Waals surface area contributed by atoms with Crippen molar-refractivity contribution in [2.24, 2.45) is 5.92 Å². The van der Waals surface area contributed by atoms with Crippen LogP contribution in [0.2, 0.25) is 0 Å². The molecule has 0 aliphatic heterocycles. The van der Waals surface area contributed by atoms with Gasteiger partial charge in [0.25, 0.3) is 5.69 Å². The molecule has 7 nitrogen and oxygen atoms in total. The second kappa shape index (κ2) is 6.19. The van der Waals surface area contributed by atoms with E-state index in [1.54, 1.807) is 6.92 Å². The Labute approximate surface area is 118 Å². The lowest BCUT2D eigenvalue weighted by molar-refractivity contribution is -0.384. The summed E-state index contributed by atoms with van der Waals surface area (Å²) in [5.41, 5.74) is 5.02. The van der Waals surface area contributed by atoms with E-state index >= 15 is 0 Å². The summed E-state index contributed by atoms with van der Waals surface area (Å²) in [6.07, 6.45) is 0. The lowest BCUT2D eigenvalue weighted by Crippen LogP contribution is -2.34.